The van der Waals surface area contributed by atoms with Gasteiger partial charge < -0.3 is 4.43 Å². The van der Waals surface area contributed by atoms with E-state index in [0.717, 1.165) is 5.75 Å². The summed E-state index contributed by atoms with van der Waals surface area (Å²) in [6, 6.07) is 12.8. The van der Waals surface area contributed by atoms with Crippen molar-refractivity contribution in [2.75, 3.05) is 0 Å². The smallest absolute Gasteiger partial charge is 0.248 e. The van der Waals surface area contributed by atoms with E-state index in [1.165, 1.54) is 24.9 Å². The second kappa shape index (κ2) is 5.96. The van der Waals surface area contributed by atoms with Crippen molar-refractivity contribution < 1.29 is 4.43 Å². The van der Waals surface area contributed by atoms with Crippen LogP contribution in [0, 0.1) is 0 Å². The van der Waals surface area contributed by atoms with Crippen LogP contribution in [0.3, 0.4) is 0 Å². The standard InChI is InChI=1S/C13H22OSi/c1-4-11-15(3,12-5-2)14-13-9-7-6-8-10-13/h6-10H,4-5,11-12H2,1-3H3. The molecule has 1 aromatic carbocycles. The van der Waals surface area contributed by atoms with Crippen molar-refractivity contribution in [3.63, 3.8) is 0 Å². The van der Waals surface area contributed by atoms with Gasteiger partial charge in [0.25, 0.3) is 0 Å². The molecule has 1 rings (SSSR count). The van der Waals surface area contributed by atoms with Gasteiger partial charge >= 0.3 is 0 Å². The van der Waals surface area contributed by atoms with Crippen LogP contribution in [0.1, 0.15) is 26.7 Å². The Bertz CT molecular complexity index is 265. The maximum Gasteiger partial charge on any atom is 0.248 e. The quantitative estimate of drug-likeness (QED) is 0.646. The fraction of sp³-hybridized carbons (Fsp3) is 0.538. The normalized spacial score (nSPS) is 11.4. The van der Waals surface area contributed by atoms with Crippen LogP contribution in [-0.4, -0.2) is 8.32 Å². The van der Waals surface area contributed by atoms with Crippen molar-refractivity contribution in [3.05, 3.63) is 30.3 Å². The first-order chi connectivity index (χ1) is 7.20. The molecule has 0 unspecified atom stereocenters. The number of benzene rings is 1. The molecule has 0 aliphatic rings. The summed E-state index contributed by atoms with van der Waals surface area (Å²) in [6.45, 7) is 6.84. The molecule has 0 aliphatic heterocycles. The van der Waals surface area contributed by atoms with E-state index in [0.29, 0.717) is 0 Å². The summed E-state index contributed by atoms with van der Waals surface area (Å²) in [5.74, 6) is 1.05. The molecule has 15 heavy (non-hydrogen) atoms. The molecule has 2 heteroatoms. The molecule has 0 bridgehead atoms. The largest absolute Gasteiger partial charge is 0.544 e. The van der Waals surface area contributed by atoms with Gasteiger partial charge in [0.05, 0.1) is 0 Å². The molecule has 0 aliphatic carbocycles. The lowest BCUT2D eigenvalue weighted by molar-refractivity contribution is 0.532. The molecule has 0 amide bonds. The molecule has 0 fully saturated rings. The van der Waals surface area contributed by atoms with Gasteiger partial charge in [0, 0.05) is 0 Å². The van der Waals surface area contributed by atoms with Crippen molar-refractivity contribution in [1.82, 2.24) is 0 Å². The van der Waals surface area contributed by atoms with Gasteiger partial charge in [0.1, 0.15) is 5.75 Å². The number of para-hydroxylation sites is 1. The van der Waals surface area contributed by atoms with Crippen molar-refractivity contribution in [2.24, 2.45) is 0 Å². The number of hydrogen-bond donors (Lipinski definition) is 0. The SMILES string of the molecule is CCC[Si](C)(CCC)Oc1ccccc1. The van der Waals surface area contributed by atoms with Gasteiger partial charge in [-0.1, -0.05) is 44.9 Å². The zero-order valence-electron chi connectivity index (χ0n) is 10.1. The first-order valence-electron chi connectivity index (χ1n) is 5.94. The summed E-state index contributed by atoms with van der Waals surface area (Å²) >= 11 is 0. The van der Waals surface area contributed by atoms with Gasteiger partial charge in [-0.05, 0) is 30.8 Å². The molecule has 0 N–H and O–H groups in total. The first kappa shape index (κ1) is 12.3. The van der Waals surface area contributed by atoms with Gasteiger partial charge in [0.2, 0.25) is 8.32 Å². The van der Waals surface area contributed by atoms with Gasteiger partial charge in [-0.3, -0.25) is 0 Å². The van der Waals surface area contributed by atoms with Crippen LogP contribution >= 0.6 is 0 Å². The third-order valence-corrected chi connectivity index (χ3v) is 6.51. The summed E-state index contributed by atoms with van der Waals surface area (Å²) in [5.41, 5.74) is 0. The second-order valence-electron chi connectivity index (χ2n) is 4.37. The summed E-state index contributed by atoms with van der Waals surface area (Å²) in [7, 11) is -1.49. The first-order valence-corrected chi connectivity index (χ1v) is 8.76. The Morgan fingerprint density at radius 3 is 2.00 bits per heavy atom. The lowest BCUT2D eigenvalue weighted by atomic mass is 10.3. The Hall–Kier alpha value is -0.763. The Morgan fingerprint density at radius 2 is 1.53 bits per heavy atom. The van der Waals surface area contributed by atoms with Crippen molar-refractivity contribution in [1.29, 1.82) is 0 Å². The highest BCUT2D eigenvalue weighted by atomic mass is 28.4. The predicted octanol–water partition coefficient (Wildman–Crippen LogP) is 4.46. The molecule has 0 radical (unpaired) electrons. The predicted molar refractivity (Wildman–Crippen MR) is 68.9 cm³/mol. The minimum atomic E-state index is -1.49. The van der Waals surface area contributed by atoms with Gasteiger partial charge in [-0.15, -0.1) is 0 Å². The fourth-order valence-corrected chi connectivity index (χ4v) is 5.33. The molecule has 0 saturated carbocycles. The lowest BCUT2D eigenvalue weighted by Gasteiger charge is -2.27. The van der Waals surface area contributed by atoms with Crippen LogP contribution in [0.4, 0.5) is 0 Å². The molecular weight excluding hydrogens is 200 g/mol. The van der Waals surface area contributed by atoms with Gasteiger partial charge in [-0.25, -0.2) is 0 Å². The highest BCUT2D eigenvalue weighted by molar-refractivity contribution is 6.73. The summed E-state index contributed by atoms with van der Waals surface area (Å²) in [4.78, 5) is 0. The Kier molecular flexibility index (Phi) is 4.89. The van der Waals surface area contributed by atoms with E-state index in [1.54, 1.807) is 0 Å². The number of rotatable bonds is 6. The van der Waals surface area contributed by atoms with Crippen molar-refractivity contribution in [2.45, 2.75) is 45.3 Å². The van der Waals surface area contributed by atoms with Gasteiger partial charge in [0.15, 0.2) is 0 Å². The van der Waals surface area contributed by atoms with Crippen molar-refractivity contribution in [3.8, 4) is 5.75 Å². The maximum atomic E-state index is 6.22. The third kappa shape index (κ3) is 4.08. The Morgan fingerprint density at radius 1 is 1.00 bits per heavy atom. The van der Waals surface area contributed by atoms with Crippen LogP contribution in [0.25, 0.3) is 0 Å². The molecule has 0 aromatic heterocycles. The molecule has 1 nitrogen and oxygen atoms in total. The third-order valence-electron chi connectivity index (χ3n) is 2.67. The highest BCUT2D eigenvalue weighted by Crippen LogP contribution is 2.24. The average molecular weight is 222 g/mol. The van der Waals surface area contributed by atoms with E-state index >= 15 is 0 Å². The molecule has 0 heterocycles. The minimum absolute atomic E-state index is 1.05. The molecule has 0 atom stereocenters. The molecule has 0 spiro atoms. The highest BCUT2D eigenvalue weighted by Gasteiger charge is 2.28. The lowest BCUT2D eigenvalue weighted by Crippen LogP contribution is -2.37. The monoisotopic (exact) mass is 222 g/mol. The summed E-state index contributed by atoms with van der Waals surface area (Å²) in [5, 5.41) is 0. The van der Waals surface area contributed by atoms with Crippen molar-refractivity contribution >= 4 is 8.32 Å². The van der Waals surface area contributed by atoms with E-state index in [1.807, 2.05) is 18.2 Å². The van der Waals surface area contributed by atoms with E-state index in [4.69, 9.17) is 4.43 Å². The Balaban J connectivity index is 2.66. The summed E-state index contributed by atoms with van der Waals surface area (Å²) in [6.07, 6.45) is 2.46. The second-order valence-corrected chi connectivity index (χ2v) is 8.47. The van der Waals surface area contributed by atoms with E-state index < -0.39 is 8.32 Å². The van der Waals surface area contributed by atoms with E-state index in [9.17, 15) is 0 Å². The Labute approximate surface area is 94.6 Å². The van der Waals surface area contributed by atoms with Crippen LogP contribution in [-0.2, 0) is 0 Å². The van der Waals surface area contributed by atoms with E-state index in [2.05, 4.69) is 32.5 Å². The molecule has 0 saturated heterocycles. The number of hydrogen-bond acceptors (Lipinski definition) is 1. The minimum Gasteiger partial charge on any atom is -0.544 e. The molecule has 1 aromatic rings. The molecule has 84 valence electrons. The van der Waals surface area contributed by atoms with Crippen LogP contribution in [0.2, 0.25) is 18.6 Å². The van der Waals surface area contributed by atoms with Crippen LogP contribution < -0.4 is 4.43 Å². The molecular formula is C13H22OSi. The van der Waals surface area contributed by atoms with Gasteiger partial charge in [-0.2, -0.15) is 0 Å². The van der Waals surface area contributed by atoms with Crippen LogP contribution in [0.5, 0.6) is 5.75 Å². The fourth-order valence-electron chi connectivity index (χ4n) is 2.06. The maximum absolute atomic E-state index is 6.22. The zero-order valence-corrected chi connectivity index (χ0v) is 11.1. The van der Waals surface area contributed by atoms with E-state index in [-0.39, 0.29) is 0 Å². The van der Waals surface area contributed by atoms with Crippen LogP contribution in [0.15, 0.2) is 30.3 Å². The summed E-state index contributed by atoms with van der Waals surface area (Å²) < 4.78 is 6.22. The average Bonchev–Trinajstić information content (AvgIpc) is 2.19. The zero-order chi connectivity index (χ0) is 11.1. The topological polar surface area (TPSA) is 9.23 Å².